The molecule has 0 spiro atoms. The molecule has 3 aromatic rings. The van der Waals surface area contributed by atoms with Gasteiger partial charge in [0.15, 0.2) is 11.5 Å². The summed E-state index contributed by atoms with van der Waals surface area (Å²) in [4.78, 5) is 11.5. The van der Waals surface area contributed by atoms with Crippen LogP contribution in [0.2, 0.25) is 0 Å². The monoisotopic (exact) mass is 259 g/mol. The van der Waals surface area contributed by atoms with Crippen molar-refractivity contribution in [3.63, 3.8) is 0 Å². The van der Waals surface area contributed by atoms with Crippen LogP contribution >= 0.6 is 0 Å². The second-order valence-corrected chi connectivity index (χ2v) is 3.98. The number of rotatable bonds is 3. The minimum Gasteiger partial charge on any atom is -0.493 e. The molecule has 0 aliphatic heterocycles. The quantitative estimate of drug-likeness (QED) is 0.780. The molecule has 6 heteroatoms. The first-order valence-corrected chi connectivity index (χ1v) is 5.70. The maximum Gasteiger partial charge on any atom is 0.204 e. The fourth-order valence-electron chi connectivity index (χ4n) is 2.26. The van der Waals surface area contributed by atoms with Gasteiger partial charge in [0.25, 0.3) is 0 Å². The van der Waals surface area contributed by atoms with Crippen LogP contribution in [0, 0.1) is 0 Å². The number of fused-ring (bicyclic) bond motifs is 3. The number of benzene rings is 1. The van der Waals surface area contributed by atoms with Crippen molar-refractivity contribution < 1.29 is 14.2 Å². The Labute approximate surface area is 109 Å². The fourth-order valence-corrected chi connectivity index (χ4v) is 2.26. The second-order valence-electron chi connectivity index (χ2n) is 3.98. The molecule has 1 N–H and O–H groups in total. The zero-order chi connectivity index (χ0) is 13.4. The molecule has 98 valence electrons. The molecule has 6 nitrogen and oxygen atoms in total. The van der Waals surface area contributed by atoms with Crippen molar-refractivity contribution in [1.29, 1.82) is 0 Å². The molecule has 0 fully saturated rings. The molecule has 19 heavy (non-hydrogen) atoms. The van der Waals surface area contributed by atoms with Crippen LogP contribution in [0.25, 0.3) is 21.9 Å². The van der Waals surface area contributed by atoms with Crippen LogP contribution in [0.4, 0.5) is 0 Å². The van der Waals surface area contributed by atoms with Gasteiger partial charge in [0.05, 0.1) is 32.2 Å². The molecule has 0 radical (unpaired) electrons. The normalized spacial score (nSPS) is 10.9. The highest BCUT2D eigenvalue weighted by Crippen LogP contribution is 2.45. The molecule has 2 aromatic heterocycles. The molecule has 0 bridgehead atoms. The third-order valence-corrected chi connectivity index (χ3v) is 3.06. The SMILES string of the molecule is COc1cc2[nH]c3ncncc3c2c(OC)c1OC. The van der Waals surface area contributed by atoms with Gasteiger partial charge in [-0.3, -0.25) is 0 Å². The summed E-state index contributed by atoms with van der Waals surface area (Å²) in [7, 11) is 4.77. The number of nitrogens with zero attached hydrogens (tertiary/aromatic N) is 2. The predicted molar refractivity (Wildman–Crippen MR) is 71.1 cm³/mol. The van der Waals surface area contributed by atoms with Crippen LogP contribution in [-0.2, 0) is 0 Å². The smallest absolute Gasteiger partial charge is 0.204 e. The summed E-state index contributed by atoms with van der Waals surface area (Å²) in [6.45, 7) is 0. The van der Waals surface area contributed by atoms with Crippen molar-refractivity contribution in [3.05, 3.63) is 18.6 Å². The Kier molecular flexibility index (Phi) is 2.63. The molecule has 0 saturated heterocycles. The summed E-state index contributed by atoms with van der Waals surface area (Å²) in [5.74, 6) is 1.77. The van der Waals surface area contributed by atoms with Crippen molar-refractivity contribution >= 4 is 21.9 Å². The number of aromatic amines is 1. The first kappa shape index (κ1) is 11.6. The molecule has 0 atom stereocenters. The summed E-state index contributed by atoms with van der Waals surface area (Å²) in [5.41, 5.74) is 1.61. The molecule has 2 heterocycles. The van der Waals surface area contributed by atoms with Crippen LogP contribution in [-0.4, -0.2) is 36.3 Å². The maximum absolute atomic E-state index is 5.48. The molecule has 0 saturated carbocycles. The predicted octanol–water partition coefficient (Wildman–Crippen LogP) is 2.14. The second kappa shape index (κ2) is 4.31. The number of H-pyrrole nitrogens is 1. The average Bonchev–Trinajstić information content (AvgIpc) is 2.83. The van der Waals surface area contributed by atoms with E-state index in [-0.39, 0.29) is 0 Å². The number of hydrogen-bond acceptors (Lipinski definition) is 5. The van der Waals surface area contributed by atoms with E-state index in [1.54, 1.807) is 27.5 Å². The molecule has 0 amide bonds. The van der Waals surface area contributed by atoms with Gasteiger partial charge in [0, 0.05) is 17.6 Å². The Bertz CT molecular complexity index is 752. The van der Waals surface area contributed by atoms with Crippen LogP contribution in [0.5, 0.6) is 17.2 Å². The van der Waals surface area contributed by atoms with E-state index in [2.05, 4.69) is 15.0 Å². The lowest BCUT2D eigenvalue weighted by molar-refractivity contribution is 0.327. The van der Waals surface area contributed by atoms with Crippen LogP contribution in [0.15, 0.2) is 18.6 Å². The molecular formula is C13H13N3O3. The number of nitrogens with one attached hydrogen (secondary N) is 1. The fraction of sp³-hybridized carbons (Fsp3) is 0.231. The molecule has 3 rings (SSSR count). The lowest BCUT2D eigenvalue weighted by atomic mass is 10.1. The molecule has 1 aromatic carbocycles. The van der Waals surface area contributed by atoms with Gasteiger partial charge in [-0.1, -0.05) is 0 Å². The van der Waals surface area contributed by atoms with Crippen molar-refractivity contribution in [2.24, 2.45) is 0 Å². The van der Waals surface area contributed by atoms with E-state index in [0.717, 1.165) is 21.9 Å². The van der Waals surface area contributed by atoms with Gasteiger partial charge >= 0.3 is 0 Å². The van der Waals surface area contributed by atoms with E-state index in [0.29, 0.717) is 17.2 Å². The van der Waals surface area contributed by atoms with Gasteiger partial charge in [-0.2, -0.15) is 0 Å². The summed E-state index contributed by atoms with van der Waals surface area (Å²) < 4.78 is 16.2. The first-order chi connectivity index (χ1) is 9.30. The van der Waals surface area contributed by atoms with E-state index >= 15 is 0 Å². The van der Waals surface area contributed by atoms with Crippen LogP contribution < -0.4 is 14.2 Å². The zero-order valence-electron chi connectivity index (χ0n) is 10.9. The maximum atomic E-state index is 5.48. The van der Waals surface area contributed by atoms with Crippen molar-refractivity contribution in [2.75, 3.05) is 21.3 Å². The van der Waals surface area contributed by atoms with Gasteiger partial charge in [0.2, 0.25) is 5.75 Å². The van der Waals surface area contributed by atoms with Gasteiger partial charge in [-0.15, -0.1) is 0 Å². The highest BCUT2D eigenvalue weighted by atomic mass is 16.5. The van der Waals surface area contributed by atoms with Crippen LogP contribution in [0.3, 0.4) is 0 Å². The lowest BCUT2D eigenvalue weighted by Crippen LogP contribution is -1.95. The van der Waals surface area contributed by atoms with Crippen molar-refractivity contribution in [2.45, 2.75) is 0 Å². The zero-order valence-corrected chi connectivity index (χ0v) is 10.9. The Morgan fingerprint density at radius 1 is 1.05 bits per heavy atom. The van der Waals surface area contributed by atoms with E-state index in [9.17, 15) is 0 Å². The molecular weight excluding hydrogens is 246 g/mol. The molecule has 0 aliphatic rings. The summed E-state index contributed by atoms with van der Waals surface area (Å²) in [5, 5.41) is 1.77. The summed E-state index contributed by atoms with van der Waals surface area (Å²) in [6.07, 6.45) is 3.24. The van der Waals surface area contributed by atoms with Gasteiger partial charge in [0.1, 0.15) is 12.0 Å². The van der Waals surface area contributed by atoms with E-state index < -0.39 is 0 Å². The number of methoxy groups -OCH3 is 3. The Morgan fingerprint density at radius 2 is 1.84 bits per heavy atom. The number of ether oxygens (including phenoxy) is 3. The highest BCUT2D eigenvalue weighted by molar-refractivity contribution is 6.10. The summed E-state index contributed by atoms with van der Waals surface area (Å²) >= 11 is 0. The minimum absolute atomic E-state index is 0.558. The lowest BCUT2D eigenvalue weighted by Gasteiger charge is -2.12. The standard InChI is InChI=1S/C13H13N3O3/c1-17-9-4-8-10(12(19-3)11(9)18-2)7-5-14-6-15-13(7)16-8/h4-6H,1-3H3,(H,14,15,16). The van der Waals surface area contributed by atoms with E-state index in [1.807, 2.05) is 6.07 Å². The first-order valence-electron chi connectivity index (χ1n) is 5.70. The third kappa shape index (κ3) is 1.56. The Morgan fingerprint density at radius 3 is 2.53 bits per heavy atom. The van der Waals surface area contributed by atoms with E-state index in [1.165, 1.54) is 6.33 Å². The average molecular weight is 259 g/mol. The van der Waals surface area contributed by atoms with Gasteiger partial charge in [-0.05, 0) is 0 Å². The largest absolute Gasteiger partial charge is 0.493 e. The number of aromatic nitrogens is 3. The van der Waals surface area contributed by atoms with E-state index in [4.69, 9.17) is 14.2 Å². The van der Waals surface area contributed by atoms with Crippen molar-refractivity contribution in [3.8, 4) is 17.2 Å². The minimum atomic E-state index is 0.558. The van der Waals surface area contributed by atoms with Crippen LogP contribution in [0.1, 0.15) is 0 Å². The van der Waals surface area contributed by atoms with Gasteiger partial charge in [-0.25, -0.2) is 9.97 Å². The van der Waals surface area contributed by atoms with Crippen molar-refractivity contribution in [1.82, 2.24) is 15.0 Å². The Hall–Kier alpha value is -2.50. The third-order valence-electron chi connectivity index (χ3n) is 3.06. The number of hydrogen-bond donors (Lipinski definition) is 1. The van der Waals surface area contributed by atoms with Gasteiger partial charge < -0.3 is 19.2 Å². The Balaban J connectivity index is 2.51. The summed E-state index contributed by atoms with van der Waals surface area (Å²) in [6, 6.07) is 1.86. The topological polar surface area (TPSA) is 69.3 Å². The molecule has 0 unspecified atom stereocenters. The highest BCUT2D eigenvalue weighted by Gasteiger charge is 2.19. The molecule has 0 aliphatic carbocycles.